The molecule has 2 unspecified atom stereocenters. The molecule has 7 N–H and O–H groups in total. The average Bonchev–Trinajstić information content (AvgIpc) is 2.80. The van der Waals surface area contributed by atoms with E-state index in [1.54, 1.807) is 0 Å². The summed E-state index contributed by atoms with van der Waals surface area (Å²) in [5, 5.41) is 66.4. The fraction of sp³-hybridized carbons (Fsp3) is 0.875. The van der Waals surface area contributed by atoms with Crippen molar-refractivity contribution in [2.45, 2.75) is 127 Å². The van der Waals surface area contributed by atoms with Crippen LogP contribution in [0, 0.1) is 0 Å². The molecule has 0 bridgehead atoms. The lowest BCUT2D eigenvalue weighted by Gasteiger charge is -2.28. The summed E-state index contributed by atoms with van der Waals surface area (Å²) in [5.74, 6) is -0.748. The average molecular weight is 479 g/mol. The molecular formula is C24H46O9. The molecule has 0 aliphatic carbocycles. The summed E-state index contributed by atoms with van der Waals surface area (Å²) in [6.07, 6.45) is 5.75. The van der Waals surface area contributed by atoms with Crippen molar-refractivity contribution in [1.82, 2.24) is 0 Å². The van der Waals surface area contributed by atoms with Gasteiger partial charge in [-0.3, -0.25) is 4.79 Å². The van der Waals surface area contributed by atoms with E-state index in [0.717, 1.165) is 44.9 Å². The van der Waals surface area contributed by atoms with Crippen LogP contribution in [0.3, 0.4) is 0 Å². The molecule has 0 heterocycles. The molecule has 0 aromatic heterocycles. The Bertz CT molecular complexity index is 500. The number of ether oxygens (including phenoxy) is 1. The summed E-state index contributed by atoms with van der Waals surface area (Å²) in [7, 11) is 0. The van der Waals surface area contributed by atoms with Crippen LogP contribution in [0.1, 0.15) is 90.4 Å². The van der Waals surface area contributed by atoms with Crippen LogP contribution in [0.15, 0.2) is 12.2 Å². The van der Waals surface area contributed by atoms with E-state index < -0.39 is 43.3 Å². The molecule has 0 fully saturated rings. The zero-order valence-corrected chi connectivity index (χ0v) is 20.0. The van der Waals surface area contributed by atoms with Crippen LogP contribution in [-0.2, 0) is 9.53 Å². The van der Waals surface area contributed by atoms with Crippen LogP contribution < -0.4 is 0 Å². The molecule has 0 aliphatic rings. The highest BCUT2D eigenvalue weighted by atomic mass is 16.6. The Morgan fingerprint density at radius 1 is 0.788 bits per heavy atom. The van der Waals surface area contributed by atoms with Gasteiger partial charge >= 0.3 is 5.97 Å². The third-order valence-corrected chi connectivity index (χ3v) is 5.54. The molecule has 0 aromatic rings. The molecule has 0 rings (SSSR count). The first-order valence-corrected chi connectivity index (χ1v) is 12.3. The molecule has 0 spiro atoms. The lowest BCUT2D eigenvalue weighted by atomic mass is 10.0. The van der Waals surface area contributed by atoms with Gasteiger partial charge in [0, 0.05) is 6.42 Å². The Morgan fingerprint density at radius 2 is 1.42 bits per heavy atom. The molecule has 0 radical (unpaired) electrons. The second-order valence-electron chi connectivity index (χ2n) is 8.62. The fourth-order valence-corrected chi connectivity index (χ4v) is 3.33. The largest absolute Gasteiger partial charge is 0.433 e. The maximum absolute atomic E-state index is 11.7. The third-order valence-electron chi connectivity index (χ3n) is 5.54. The number of hydrogen-bond acceptors (Lipinski definition) is 9. The quantitative estimate of drug-likeness (QED) is 0.0556. The molecule has 0 amide bonds. The number of esters is 1. The number of aliphatic hydroxyl groups is 7. The van der Waals surface area contributed by atoms with Gasteiger partial charge in [-0.05, 0) is 32.1 Å². The summed E-state index contributed by atoms with van der Waals surface area (Å²) < 4.78 is 4.65. The van der Waals surface area contributed by atoms with Crippen molar-refractivity contribution in [1.29, 1.82) is 0 Å². The Hall–Kier alpha value is -1.07. The van der Waals surface area contributed by atoms with Crippen molar-refractivity contribution >= 4 is 5.97 Å². The van der Waals surface area contributed by atoms with Gasteiger partial charge in [0.15, 0.2) is 0 Å². The zero-order chi connectivity index (χ0) is 25.1. The van der Waals surface area contributed by atoms with Gasteiger partial charge in [-0.25, -0.2) is 0 Å². The van der Waals surface area contributed by atoms with Crippen molar-refractivity contribution in [2.24, 2.45) is 0 Å². The zero-order valence-electron chi connectivity index (χ0n) is 20.0. The Kier molecular flexibility index (Phi) is 19.7. The first-order valence-electron chi connectivity index (χ1n) is 12.3. The topological polar surface area (TPSA) is 168 Å². The number of carbonyl (C=O) groups excluding carboxylic acids is 1. The van der Waals surface area contributed by atoms with Gasteiger partial charge in [-0.1, -0.05) is 64.0 Å². The number of aliphatic hydroxyl groups excluding tert-OH is 7. The van der Waals surface area contributed by atoms with Crippen molar-refractivity contribution in [3.8, 4) is 0 Å². The van der Waals surface area contributed by atoms with Crippen molar-refractivity contribution < 1.29 is 45.3 Å². The highest BCUT2D eigenvalue weighted by Crippen LogP contribution is 2.13. The second-order valence-corrected chi connectivity index (χ2v) is 8.62. The number of unbranched alkanes of at least 4 members (excludes halogenated alkanes) is 8. The maximum atomic E-state index is 11.7. The first kappa shape index (κ1) is 31.9. The summed E-state index contributed by atoms with van der Waals surface area (Å²) in [4.78, 5) is 11.7. The molecule has 0 aliphatic heterocycles. The van der Waals surface area contributed by atoms with Gasteiger partial charge in [0.1, 0.15) is 24.4 Å². The van der Waals surface area contributed by atoms with E-state index >= 15 is 0 Å². The highest BCUT2D eigenvalue weighted by Gasteiger charge is 2.35. The Labute approximate surface area is 197 Å². The van der Waals surface area contributed by atoms with Crippen LogP contribution in [0.5, 0.6) is 0 Å². The Morgan fingerprint density at radius 3 is 2.09 bits per heavy atom. The summed E-state index contributed by atoms with van der Waals surface area (Å²) in [5.41, 5.74) is 0. The van der Waals surface area contributed by atoms with Crippen LogP contribution in [0.2, 0.25) is 0 Å². The normalized spacial score (nSPS) is 17.5. The van der Waals surface area contributed by atoms with Gasteiger partial charge in [0.25, 0.3) is 0 Å². The predicted octanol–water partition coefficient (Wildman–Crippen LogP) is 1.29. The smallest absolute Gasteiger partial charge is 0.308 e. The summed E-state index contributed by atoms with van der Waals surface area (Å²) >= 11 is 0. The number of carbonyl (C=O) groups is 1. The van der Waals surface area contributed by atoms with Crippen LogP contribution in [-0.4, -0.2) is 85.1 Å². The van der Waals surface area contributed by atoms with Crippen molar-refractivity contribution in [3.63, 3.8) is 0 Å². The summed E-state index contributed by atoms with van der Waals surface area (Å²) in [6.45, 7) is 1.32. The maximum Gasteiger partial charge on any atom is 0.308 e. The highest BCUT2D eigenvalue weighted by molar-refractivity contribution is 5.69. The standard InChI is InChI=1S/C24H46O9/c1-2-3-4-11-14-18(26)15-12-9-7-5-6-8-10-13-16-20(28)33-24(32)23(31)22(30)21(29)19(27)17-25/h9,12,18-19,21-27,29-32H,2-8,10-11,13-17H2,1H3/b12-9-/t18?,19-,21+,22+,23+,24?/m0/s1. The molecule has 9 nitrogen and oxygen atoms in total. The molecule has 6 atom stereocenters. The van der Waals surface area contributed by atoms with E-state index in [-0.39, 0.29) is 12.5 Å². The minimum atomic E-state index is -2.06. The fourth-order valence-electron chi connectivity index (χ4n) is 3.33. The van der Waals surface area contributed by atoms with Crippen molar-refractivity contribution in [2.75, 3.05) is 6.61 Å². The molecule has 9 heteroatoms. The van der Waals surface area contributed by atoms with Gasteiger partial charge in [0.2, 0.25) is 6.29 Å². The minimum Gasteiger partial charge on any atom is -0.433 e. The molecule has 0 aromatic carbocycles. The van der Waals surface area contributed by atoms with Gasteiger partial charge in [-0.15, -0.1) is 0 Å². The first-order chi connectivity index (χ1) is 15.7. The van der Waals surface area contributed by atoms with E-state index in [1.165, 1.54) is 19.3 Å². The van der Waals surface area contributed by atoms with E-state index in [0.29, 0.717) is 12.8 Å². The minimum absolute atomic E-state index is 0.0394. The Balaban J connectivity index is 3.77. The monoisotopic (exact) mass is 478 g/mol. The van der Waals surface area contributed by atoms with Crippen LogP contribution in [0.25, 0.3) is 0 Å². The molecule has 0 saturated heterocycles. The van der Waals surface area contributed by atoms with E-state index in [9.17, 15) is 35.4 Å². The lowest BCUT2D eigenvalue weighted by molar-refractivity contribution is -0.213. The van der Waals surface area contributed by atoms with Gasteiger partial charge in [0.05, 0.1) is 12.7 Å². The molecule has 33 heavy (non-hydrogen) atoms. The van der Waals surface area contributed by atoms with Crippen LogP contribution in [0.4, 0.5) is 0 Å². The third kappa shape index (κ3) is 16.2. The van der Waals surface area contributed by atoms with Gasteiger partial charge in [-0.2, -0.15) is 0 Å². The van der Waals surface area contributed by atoms with Crippen LogP contribution >= 0.6 is 0 Å². The molecule has 196 valence electrons. The SMILES string of the molecule is CCCCCCC(O)C/C=C\CCCCCCCC(=O)OC(O)[C@H](O)[C@H](O)[C@H](O)[C@@H](O)CO. The summed E-state index contributed by atoms with van der Waals surface area (Å²) in [6, 6.07) is 0. The van der Waals surface area contributed by atoms with E-state index in [1.807, 2.05) is 6.08 Å². The molecular weight excluding hydrogens is 432 g/mol. The van der Waals surface area contributed by atoms with E-state index in [4.69, 9.17) is 5.11 Å². The molecule has 0 saturated carbocycles. The predicted molar refractivity (Wildman–Crippen MR) is 124 cm³/mol. The van der Waals surface area contributed by atoms with Crippen molar-refractivity contribution in [3.05, 3.63) is 12.2 Å². The number of rotatable bonds is 21. The lowest BCUT2D eigenvalue weighted by Crippen LogP contribution is -2.50. The number of hydrogen-bond donors (Lipinski definition) is 7. The number of allylic oxidation sites excluding steroid dienone is 1. The second kappa shape index (κ2) is 20.3. The van der Waals surface area contributed by atoms with Gasteiger partial charge < -0.3 is 40.5 Å². The van der Waals surface area contributed by atoms with E-state index in [2.05, 4.69) is 17.7 Å².